The van der Waals surface area contributed by atoms with E-state index in [0.29, 0.717) is 0 Å². The Morgan fingerprint density at radius 3 is 2.28 bits per heavy atom. The zero-order valence-electron chi connectivity index (χ0n) is 12.2. The maximum absolute atomic E-state index is 2.42. The summed E-state index contributed by atoms with van der Waals surface area (Å²) in [6.07, 6.45) is 19.4. The highest BCUT2D eigenvalue weighted by Gasteiger charge is 2.09. The molecule has 0 aromatic carbocycles. The lowest BCUT2D eigenvalue weighted by Crippen LogP contribution is -3.01. The van der Waals surface area contributed by atoms with Gasteiger partial charge in [0.1, 0.15) is 6.20 Å². The first-order chi connectivity index (χ1) is 8.36. The first-order valence-corrected chi connectivity index (χ1v) is 7.61. The summed E-state index contributed by atoms with van der Waals surface area (Å²) in [6, 6.07) is 0. The Labute approximate surface area is 112 Å². The number of nitrogens with one attached hydrogen (secondary N) is 1. The van der Waals surface area contributed by atoms with Crippen molar-refractivity contribution < 1.29 is 9.60 Å². The smallest absolute Gasteiger partial charge is 0.102 e. The molecule has 0 fully saturated rings. The Hall–Kier alpha value is -0.630. The molecule has 1 nitrogen and oxygen atoms in total. The lowest BCUT2D eigenvalue weighted by molar-refractivity contribution is -0.788. The average Bonchev–Trinajstić information content (AvgIpc) is 2.79. The predicted octanol–water partition coefficient (Wildman–Crippen LogP) is 0.837. The zero-order valence-corrected chi connectivity index (χ0v) is 12.2. The summed E-state index contributed by atoms with van der Waals surface area (Å²) in [4.78, 5) is 1.56. The molecule has 0 aromatic rings. The van der Waals surface area contributed by atoms with Crippen molar-refractivity contribution in [1.29, 1.82) is 0 Å². The van der Waals surface area contributed by atoms with Crippen molar-refractivity contribution in [2.75, 3.05) is 6.54 Å². The third kappa shape index (κ3) is 7.65. The van der Waals surface area contributed by atoms with Gasteiger partial charge in [0, 0.05) is 11.6 Å². The Kier molecular flexibility index (Phi) is 11.1. The molecular formula is C16H30FN. The second-order valence-electron chi connectivity index (χ2n) is 5.25. The van der Waals surface area contributed by atoms with E-state index in [2.05, 4.69) is 32.3 Å². The minimum Gasteiger partial charge on any atom is -1.00 e. The summed E-state index contributed by atoms with van der Waals surface area (Å²) in [5.74, 6) is 0. The maximum Gasteiger partial charge on any atom is 0.102 e. The Bertz CT molecular complexity index is 245. The van der Waals surface area contributed by atoms with Gasteiger partial charge in [0.05, 0.1) is 12.7 Å². The van der Waals surface area contributed by atoms with E-state index in [0.717, 1.165) is 0 Å². The molecule has 0 amide bonds. The lowest BCUT2D eigenvalue weighted by Gasteiger charge is -2.06. The molecule has 0 aromatic heterocycles. The number of hydrogen-bond acceptors (Lipinski definition) is 0. The number of quaternary nitrogens is 1. The van der Waals surface area contributed by atoms with Crippen molar-refractivity contribution in [3.05, 3.63) is 24.0 Å². The summed E-state index contributed by atoms with van der Waals surface area (Å²) in [7, 11) is 0. The SMILES string of the molecule is CCCCCCCC[NH+]1C=CC(CCCC)=C1.[F-]. The van der Waals surface area contributed by atoms with E-state index in [1.807, 2.05) is 0 Å². The van der Waals surface area contributed by atoms with Crippen LogP contribution >= 0.6 is 0 Å². The van der Waals surface area contributed by atoms with Gasteiger partial charge in [0.25, 0.3) is 0 Å². The highest BCUT2D eigenvalue weighted by Crippen LogP contribution is 2.09. The van der Waals surface area contributed by atoms with E-state index in [1.54, 1.807) is 10.5 Å². The third-order valence-electron chi connectivity index (χ3n) is 3.52. The van der Waals surface area contributed by atoms with Gasteiger partial charge in [-0.15, -0.1) is 0 Å². The summed E-state index contributed by atoms with van der Waals surface area (Å²) in [5, 5.41) is 0. The minimum absolute atomic E-state index is 0. The van der Waals surface area contributed by atoms with Gasteiger partial charge in [-0.05, 0) is 25.7 Å². The van der Waals surface area contributed by atoms with Crippen molar-refractivity contribution in [1.82, 2.24) is 0 Å². The fraction of sp³-hybridized carbons (Fsp3) is 0.750. The first-order valence-electron chi connectivity index (χ1n) is 7.61. The van der Waals surface area contributed by atoms with Crippen LogP contribution in [0.3, 0.4) is 0 Å². The normalized spacial score (nSPS) is 17.7. The van der Waals surface area contributed by atoms with Crippen molar-refractivity contribution >= 4 is 0 Å². The van der Waals surface area contributed by atoms with Gasteiger partial charge >= 0.3 is 0 Å². The third-order valence-corrected chi connectivity index (χ3v) is 3.52. The van der Waals surface area contributed by atoms with Crippen molar-refractivity contribution in [2.24, 2.45) is 0 Å². The molecule has 1 unspecified atom stereocenters. The van der Waals surface area contributed by atoms with Crippen molar-refractivity contribution in [3.63, 3.8) is 0 Å². The molecule has 1 aliphatic heterocycles. The fourth-order valence-corrected chi connectivity index (χ4v) is 2.35. The molecule has 0 saturated carbocycles. The van der Waals surface area contributed by atoms with Crippen molar-refractivity contribution in [2.45, 2.75) is 71.6 Å². The van der Waals surface area contributed by atoms with E-state index < -0.39 is 0 Å². The van der Waals surface area contributed by atoms with Crippen LogP contribution in [0.15, 0.2) is 24.0 Å². The van der Waals surface area contributed by atoms with E-state index in [-0.39, 0.29) is 4.70 Å². The van der Waals surface area contributed by atoms with Gasteiger partial charge in [-0.3, -0.25) is 4.90 Å². The van der Waals surface area contributed by atoms with Gasteiger partial charge in [0.2, 0.25) is 0 Å². The average molecular weight is 255 g/mol. The summed E-state index contributed by atoms with van der Waals surface area (Å²) < 4.78 is 0. The number of halogens is 1. The number of hydrogen-bond donors (Lipinski definition) is 1. The van der Waals surface area contributed by atoms with Crippen LogP contribution in [-0.4, -0.2) is 6.54 Å². The molecule has 2 heteroatoms. The molecule has 1 rings (SSSR count). The Balaban J connectivity index is 0.00000289. The van der Waals surface area contributed by atoms with Crippen LogP contribution in [0.2, 0.25) is 0 Å². The van der Waals surface area contributed by atoms with Crippen LogP contribution in [0.4, 0.5) is 0 Å². The minimum atomic E-state index is 0. The van der Waals surface area contributed by atoms with Gasteiger partial charge in [0.15, 0.2) is 0 Å². The molecule has 0 bridgehead atoms. The quantitative estimate of drug-likeness (QED) is 0.552. The standard InChI is InChI=1S/C16H29N.FH/c1-3-5-7-8-9-10-13-17-14-12-16(15-17)11-6-4-2;/h12,14-15H,3-11,13H2,1-2H3;1H. The molecule has 106 valence electrons. The molecule has 0 saturated heterocycles. The molecule has 1 heterocycles. The monoisotopic (exact) mass is 255 g/mol. The Morgan fingerprint density at radius 2 is 1.56 bits per heavy atom. The molecule has 1 aliphatic rings. The largest absolute Gasteiger partial charge is 1.00 e. The highest BCUT2D eigenvalue weighted by atomic mass is 19.0. The molecule has 1 atom stereocenters. The molecule has 0 radical (unpaired) electrons. The molecule has 1 N–H and O–H groups in total. The predicted molar refractivity (Wildman–Crippen MR) is 76.0 cm³/mol. The van der Waals surface area contributed by atoms with Crippen LogP contribution in [0.1, 0.15) is 71.6 Å². The first kappa shape index (κ1) is 17.4. The molecule has 0 aliphatic carbocycles. The van der Waals surface area contributed by atoms with E-state index in [1.165, 1.54) is 64.3 Å². The van der Waals surface area contributed by atoms with Crippen LogP contribution in [-0.2, 0) is 0 Å². The topological polar surface area (TPSA) is 4.44 Å². The van der Waals surface area contributed by atoms with Crippen LogP contribution in [0.25, 0.3) is 0 Å². The second kappa shape index (κ2) is 11.5. The lowest BCUT2D eigenvalue weighted by atomic mass is 10.1. The number of allylic oxidation sites excluding steroid dienone is 2. The van der Waals surface area contributed by atoms with E-state index in [9.17, 15) is 0 Å². The number of unbranched alkanes of at least 4 members (excludes halogenated alkanes) is 6. The van der Waals surface area contributed by atoms with Gasteiger partial charge < -0.3 is 4.70 Å². The molecule has 0 spiro atoms. The van der Waals surface area contributed by atoms with E-state index in [4.69, 9.17) is 0 Å². The zero-order chi connectivity index (χ0) is 12.3. The van der Waals surface area contributed by atoms with Gasteiger partial charge in [-0.2, -0.15) is 0 Å². The van der Waals surface area contributed by atoms with Gasteiger partial charge in [-0.1, -0.05) is 46.0 Å². The summed E-state index contributed by atoms with van der Waals surface area (Å²) in [6.45, 7) is 5.83. The van der Waals surface area contributed by atoms with Crippen LogP contribution in [0.5, 0.6) is 0 Å². The van der Waals surface area contributed by atoms with Gasteiger partial charge in [-0.25, -0.2) is 0 Å². The van der Waals surface area contributed by atoms with Crippen LogP contribution in [0, 0.1) is 0 Å². The summed E-state index contributed by atoms with van der Waals surface area (Å²) in [5.41, 5.74) is 1.55. The highest BCUT2D eigenvalue weighted by molar-refractivity contribution is 5.17. The maximum atomic E-state index is 2.42. The van der Waals surface area contributed by atoms with Crippen molar-refractivity contribution in [3.8, 4) is 0 Å². The Morgan fingerprint density at radius 1 is 0.889 bits per heavy atom. The summed E-state index contributed by atoms with van der Waals surface area (Å²) >= 11 is 0. The molecule has 18 heavy (non-hydrogen) atoms. The second-order valence-corrected chi connectivity index (χ2v) is 5.25. The van der Waals surface area contributed by atoms with E-state index >= 15 is 0 Å². The van der Waals surface area contributed by atoms with Crippen LogP contribution < -0.4 is 9.60 Å². The molecular weight excluding hydrogens is 225 g/mol. The fourth-order valence-electron chi connectivity index (χ4n) is 2.35. The number of rotatable bonds is 10.